The minimum atomic E-state index is 0.463. The van der Waals surface area contributed by atoms with Gasteiger partial charge in [0.15, 0.2) is 0 Å². The van der Waals surface area contributed by atoms with Gasteiger partial charge in [-0.3, -0.25) is 0 Å². The van der Waals surface area contributed by atoms with Crippen LogP contribution in [0.3, 0.4) is 0 Å². The zero-order valence-electron chi connectivity index (χ0n) is 12.4. The van der Waals surface area contributed by atoms with Crippen LogP contribution in [0, 0.1) is 3.57 Å². The average molecular weight is 414 g/mol. The Labute approximate surface area is 146 Å². The lowest BCUT2D eigenvalue weighted by Crippen LogP contribution is -2.28. The van der Waals surface area contributed by atoms with Gasteiger partial charge in [0.2, 0.25) is 0 Å². The second-order valence-electron chi connectivity index (χ2n) is 5.64. The number of rotatable bonds is 6. The molecule has 0 spiro atoms. The molecule has 0 saturated heterocycles. The summed E-state index contributed by atoms with van der Waals surface area (Å²) in [7, 11) is 0. The quantitative estimate of drug-likeness (QED) is 0.636. The van der Waals surface area contributed by atoms with Crippen molar-refractivity contribution in [1.29, 1.82) is 0 Å². The molecule has 3 heteroatoms. The van der Waals surface area contributed by atoms with Crippen molar-refractivity contribution in [2.45, 2.75) is 32.2 Å². The third-order valence-electron chi connectivity index (χ3n) is 3.51. The minimum Gasteiger partial charge on any atom is -0.314 e. The average Bonchev–Trinajstić information content (AvgIpc) is 2.46. The number of hydrogen-bond donors (Lipinski definition) is 1. The smallest absolute Gasteiger partial charge is 0.0406 e. The zero-order valence-corrected chi connectivity index (χ0v) is 15.4. The van der Waals surface area contributed by atoms with Crippen molar-refractivity contribution >= 4 is 34.2 Å². The van der Waals surface area contributed by atoms with Crippen molar-refractivity contribution in [2.75, 3.05) is 6.54 Å². The highest BCUT2D eigenvalue weighted by Gasteiger charge is 2.13. The van der Waals surface area contributed by atoms with Gasteiger partial charge in [-0.2, -0.15) is 0 Å². The molecule has 0 bridgehead atoms. The fourth-order valence-corrected chi connectivity index (χ4v) is 2.81. The lowest BCUT2D eigenvalue weighted by Gasteiger charge is -2.20. The number of halogens is 2. The second-order valence-corrected chi connectivity index (χ2v) is 7.32. The fourth-order valence-electron chi connectivity index (χ4n) is 2.33. The van der Waals surface area contributed by atoms with Gasteiger partial charge >= 0.3 is 0 Å². The molecular weight excluding hydrogens is 393 g/mol. The van der Waals surface area contributed by atoms with E-state index in [0.717, 1.165) is 18.0 Å². The standard InChI is InChI=1S/C18H21ClIN/c1-13(2)21-12-16(15-5-7-17(19)8-6-15)11-14-3-9-18(20)10-4-14/h3-10,13,16,21H,11-12H2,1-2H3. The molecule has 1 nitrogen and oxygen atoms in total. The molecule has 0 heterocycles. The Kier molecular flexibility index (Phi) is 6.52. The summed E-state index contributed by atoms with van der Waals surface area (Å²) in [5, 5.41) is 4.35. The second kappa shape index (κ2) is 8.16. The van der Waals surface area contributed by atoms with E-state index in [2.05, 4.69) is 78.2 Å². The Morgan fingerprint density at radius 2 is 1.62 bits per heavy atom. The molecule has 2 aromatic carbocycles. The summed E-state index contributed by atoms with van der Waals surface area (Å²) in [4.78, 5) is 0. The molecule has 0 aliphatic rings. The fraction of sp³-hybridized carbons (Fsp3) is 0.333. The molecule has 0 aliphatic heterocycles. The van der Waals surface area contributed by atoms with Gasteiger partial charge in [0.1, 0.15) is 0 Å². The monoisotopic (exact) mass is 413 g/mol. The van der Waals surface area contributed by atoms with E-state index in [1.54, 1.807) is 0 Å². The van der Waals surface area contributed by atoms with Gasteiger partial charge < -0.3 is 5.32 Å². The molecule has 0 amide bonds. The van der Waals surface area contributed by atoms with Crippen molar-refractivity contribution < 1.29 is 0 Å². The predicted octanol–water partition coefficient (Wildman–Crippen LogP) is 5.27. The first-order valence-electron chi connectivity index (χ1n) is 7.28. The first kappa shape index (κ1) is 16.8. The molecule has 0 radical (unpaired) electrons. The molecule has 112 valence electrons. The van der Waals surface area contributed by atoms with Crippen LogP contribution in [0.1, 0.15) is 30.9 Å². The van der Waals surface area contributed by atoms with E-state index in [1.807, 2.05) is 12.1 Å². The van der Waals surface area contributed by atoms with Crippen LogP contribution in [-0.2, 0) is 6.42 Å². The molecule has 2 aromatic rings. The third-order valence-corrected chi connectivity index (χ3v) is 4.48. The van der Waals surface area contributed by atoms with Gasteiger partial charge in [-0.15, -0.1) is 0 Å². The van der Waals surface area contributed by atoms with Crippen LogP contribution in [0.15, 0.2) is 48.5 Å². The maximum absolute atomic E-state index is 6.01. The molecule has 0 saturated carbocycles. The van der Waals surface area contributed by atoms with Crippen LogP contribution in [0.25, 0.3) is 0 Å². The number of hydrogen-bond acceptors (Lipinski definition) is 1. The van der Waals surface area contributed by atoms with E-state index in [4.69, 9.17) is 11.6 Å². The zero-order chi connectivity index (χ0) is 15.2. The summed E-state index contributed by atoms with van der Waals surface area (Å²) >= 11 is 8.35. The molecule has 1 atom stereocenters. The van der Waals surface area contributed by atoms with Crippen LogP contribution >= 0.6 is 34.2 Å². The first-order chi connectivity index (χ1) is 10.0. The van der Waals surface area contributed by atoms with Gasteiger partial charge in [0.25, 0.3) is 0 Å². The van der Waals surface area contributed by atoms with Crippen LogP contribution in [0.4, 0.5) is 0 Å². The van der Waals surface area contributed by atoms with Gasteiger partial charge in [0, 0.05) is 27.1 Å². The van der Waals surface area contributed by atoms with Gasteiger partial charge in [-0.05, 0) is 64.4 Å². The Balaban J connectivity index is 2.14. The van der Waals surface area contributed by atoms with Crippen molar-refractivity contribution in [3.05, 3.63) is 68.3 Å². The minimum absolute atomic E-state index is 0.463. The molecule has 0 fully saturated rings. The van der Waals surface area contributed by atoms with Crippen molar-refractivity contribution in [3.8, 4) is 0 Å². The van der Waals surface area contributed by atoms with Crippen molar-refractivity contribution in [3.63, 3.8) is 0 Å². The van der Waals surface area contributed by atoms with Crippen LogP contribution in [0.2, 0.25) is 5.02 Å². The lowest BCUT2D eigenvalue weighted by atomic mass is 9.91. The molecule has 2 rings (SSSR count). The highest BCUT2D eigenvalue weighted by molar-refractivity contribution is 14.1. The van der Waals surface area contributed by atoms with E-state index in [9.17, 15) is 0 Å². The van der Waals surface area contributed by atoms with Crippen molar-refractivity contribution in [1.82, 2.24) is 5.32 Å². The van der Waals surface area contributed by atoms with E-state index >= 15 is 0 Å². The molecule has 0 aromatic heterocycles. The molecule has 1 N–H and O–H groups in total. The van der Waals surface area contributed by atoms with Crippen LogP contribution < -0.4 is 5.32 Å². The molecular formula is C18H21ClIN. The highest BCUT2D eigenvalue weighted by atomic mass is 127. The predicted molar refractivity (Wildman–Crippen MR) is 100 cm³/mol. The Bertz CT molecular complexity index is 548. The highest BCUT2D eigenvalue weighted by Crippen LogP contribution is 2.23. The lowest BCUT2D eigenvalue weighted by molar-refractivity contribution is 0.527. The van der Waals surface area contributed by atoms with Crippen molar-refractivity contribution in [2.24, 2.45) is 0 Å². The summed E-state index contributed by atoms with van der Waals surface area (Å²) < 4.78 is 1.28. The maximum Gasteiger partial charge on any atom is 0.0406 e. The SMILES string of the molecule is CC(C)NCC(Cc1ccc(I)cc1)c1ccc(Cl)cc1. The van der Waals surface area contributed by atoms with E-state index < -0.39 is 0 Å². The van der Waals surface area contributed by atoms with Crippen LogP contribution in [-0.4, -0.2) is 12.6 Å². The summed E-state index contributed by atoms with van der Waals surface area (Å²) in [5.41, 5.74) is 2.71. The van der Waals surface area contributed by atoms with Gasteiger partial charge in [-0.1, -0.05) is 49.7 Å². The molecule has 1 unspecified atom stereocenters. The summed E-state index contributed by atoms with van der Waals surface area (Å²) in [6.45, 7) is 5.35. The van der Waals surface area contributed by atoms with E-state index in [-0.39, 0.29) is 0 Å². The summed E-state index contributed by atoms with van der Waals surface area (Å²) in [6.07, 6.45) is 1.04. The Morgan fingerprint density at radius 3 is 2.19 bits per heavy atom. The Hall–Kier alpha value is -0.580. The maximum atomic E-state index is 6.01. The molecule has 21 heavy (non-hydrogen) atoms. The summed E-state index contributed by atoms with van der Waals surface area (Å²) in [6, 6.07) is 17.5. The van der Waals surface area contributed by atoms with E-state index in [1.165, 1.54) is 14.7 Å². The van der Waals surface area contributed by atoms with Crippen LogP contribution in [0.5, 0.6) is 0 Å². The topological polar surface area (TPSA) is 12.0 Å². The number of benzene rings is 2. The normalized spacial score (nSPS) is 12.6. The molecule has 0 aliphatic carbocycles. The van der Waals surface area contributed by atoms with E-state index in [0.29, 0.717) is 12.0 Å². The largest absolute Gasteiger partial charge is 0.314 e. The van der Waals surface area contributed by atoms with Gasteiger partial charge in [0.05, 0.1) is 0 Å². The number of nitrogens with one attached hydrogen (secondary N) is 1. The third kappa shape index (κ3) is 5.61. The summed E-state index contributed by atoms with van der Waals surface area (Å²) in [5.74, 6) is 0.463. The van der Waals surface area contributed by atoms with Gasteiger partial charge in [-0.25, -0.2) is 0 Å². The Morgan fingerprint density at radius 1 is 1.00 bits per heavy atom. The first-order valence-corrected chi connectivity index (χ1v) is 8.73.